The molecular weight excluding hydrogens is 587 g/mol. The van der Waals surface area contributed by atoms with Gasteiger partial charge in [-0.05, 0) is 66.9 Å². The van der Waals surface area contributed by atoms with Crippen LogP contribution >= 0.6 is 0 Å². The molecule has 224 valence electrons. The zero-order chi connectivity index (χ0) is 30.3. The number of amides is 1. The molecule has 0 atom stereocenters. The third-order valence-corrected chi connectivity index (χ3v) is 10.8. The van der Waals surface area contributed by atoms with E-state index in [9.17, 15) is 21.6 Å². The van der Waals surface area contributed by atoms with E-state index in [1.807, 2.05) is 30.3 Å². The molecule has 1 heterocycles. The fraction of sp³-hybridized carbons (Fsp3) is 0.219. The van der Waals surface area contributed by atoms with Crippen LogP contribution in [0.15, 0.2) is 119 Å². The maximum atomic E-state index is 13.8. The molecule has 1 fully saturated rings. The van der Waals surface area contributed by atoms with Crippen molar-refractivity contribution in [3.05, 3.63) is 120 Å². The van der Waals surface area contributed by atoms with Crippen molar-refractivity contribution in [2.75, 3.05) is 30.5 Å². The fourth-order valence-corrected chi connectivity index (χ4v) is 7.88. The monoisotopic (exact) mass is 619 g/mol. The van der Waals surface area contributed by atoms with Gasteiger partial charge in [0.25, 0.3) is 15.9 Å². The van der Waals surface area contributed by atoms with E-state index in [0.717, 1.165) is 18.4 Å². The SMILES string of the molecule is O=C(NCCOc1ccc(S(=O)(=O)N2CCCC2)cc1)c1ccccc1N(Cc1ccccc1)S(=O)(=O)c1ccccc1. The fourth-order valence-electron chi connectivity index (χ4n) is 4.87. The highest BCUT2D eigenvalue weighted by atomic mass is 32.2. The van der Waals surface area contributed by atoms with Gasteiger partial charge in [0.05, 0.1) is 34.1 Å². The van der Waals surface area contributed by atoms with Crippen molar-refractivity contribution in [2.24, 2.45) is 0 Å². The smallest absolute Gasteiger partial charge is 0.264 e. The summed E-state index contributed by atoms with van der Waals surface area (Å²) in [6.07, 6.45) is 1.73. The van der Waals surface area contributed by atoms with Crippen molar-refractivity contribution in [2.45, 2.75) is 29.2 Å². The second-order valence-corrected chi connectivity index (χ2v) is 13.8. The number of ether oxygens (including phenoxy) is 1. The summed E-state index contributed by atoms with van der Waals surface area (Å²) in [4.78, 5) is 13.7. The Kier molecular flexibility index (Phi) is 9.44. The minimum absolute atomic E-state index is 0.0367. The van der Waals surface area contributed by atoms with Crippen molar-refractivity contribution in [3.63, 3.8) is 0 Å². The number of carbonyl (C=O) groups is 1. The van der Waals surface area contributed by atoms with Crippen LogP contribution in [0.1, 0.15) is 28.8 Å². The molecule has 4 aromatic carbocycles. The Morgan fingerprint density at radius 1 is 0.744 bits per heavy atom. The van der Waals surface area contributed by atoms with Gasteiger partial charge in [-0.15, -0.1) is 0 Å². The second-order valence-electron chi connectivity index (χ2n) is 10.0. The van der Waals surface area contributed by atoms with Gasteiger partial charge in [-0.25, -0.2) is 16.8 Å². The van der Waals surface area contributed by atoms with Gasteiger partial charge in [0, 0.05) is 13.1 Å². The van der Waals surface area contributed by atoms with E-state index < -0.39 is 26.0 Å². The first-order chi connectivity index (χ1) is 20.8. The van der Waals surface area contributed by atoms with Crippen LogP contribution in [0.5, 0.6) is 5.75 Å². The number of hydrogen-bond acceptors (Lipinski definition) is 6. The van der Waals surface area contributed by atoms with E-state index in [1.165, 1.54) is 32.9 Å². The summed E-state index contributed by atoms with van der Waals surface area (Å²) in [5.41, 5.74) is 1.22. The Hall–Kier alpha value is -4.19. The predicted octanol–water partition coefficient (Wildman–Crippen LogP) is 4.68. The number of hydrogen-bond donors (Lipinski definition) is 1. The lowest BCUT2D eigenvalue weighted by Crippen LogP contribution is -2.34. The van der Waals surface area contributed by atoms with Crippen molar-refractivity contribution < 1.29 is 26.4 Å². The minimum Gasteiger partial charge on any atom is -0.492 e. The first-order valence-electron chi connectivity index (χ1n) is 14.0. The quantitative estimate of drug-likeness (QED) is 0.231. The Labute approximate surface area is 252 Å². The molecule has 0 saturated carbocycles. The van der Waals surface area contributed by atoms with E-state index in [2.05, 4.69) is 5.32 Å². The molecule has 11 heteroatoms. The number of carbonyl (C=O) groups excluding carboxylic acids is 1. The molecule has 1 saturated heterocycles. The number of benzene rings is 4. The molecule has 1 aliphatic heterocycles. The maximum Gasteiger partial charge on any atom is 0.264 e. The first kappa shape index (κ1) is 30.3. The minimum atomic E-state index is -4.01. The second kappa shape index (κ2) is 13.4. The summed E-state index contributed by atoms with van der Waals surface area (Å²) in [7, 11) is -7.51. The Morgan fingerprint density at radius 3 is 2.02 bits per heavy atom. The number of rotatable bonds is 12. The van der Waals surface area contributed by atoms with Gasteiger partial charge >= 0.3 is 0 Å². The first-order valence-corrected chi connectivity index (χ1v) is 16.9. The van der Waals surface area contributed by atoms with Crippen molar-refractivity contribution in [1.82, 2.24) is 9.62 Å². The van der Waals surface area contributed by atoms with Gasteiger partial charge in [-0.1, -0.05) is 60.7 Å². The molecule has 4 aromatic rings. The van der Waals surface area contributed by atoms with E-state index in [1.54, 1.807) is 54.6 Å². The van der Waals surface area contributed by atoms with Crippen LogP contribution in [-0.4, -0.2) is 53.3 Å². The van der Waals surface area contributed by atoms with Gasteiger partial charge in [-0.3, -0.25) is 9.10 Å². The molecule has 9 nitrogen and oxygen atoms in total. The average Bonchev–Trinajstić information content (AvgIpc) is 3.59. The van der Waals surface area contributed by atoms with Crippen LogP contribution in [0.25, 0.3) is 0 Å². The number of anilines is 1. The Balaban J connectivity index is 1.27. The molecular formula is C32H33N3O6S2. The van der Waals surface area contributed by atoms with Crippen molar-refractivity contribution in [3.8, 4) is 5.75 Å². The van der Waals surface area contributed by atoms with Crippen LogP contribution in [0.2, 0.25) is 0 Å². The van der Waals surface area contributed by atoms with Crippen LogP contribution in [-0.2, 0) is 26.6 Å². The molecule has 0 spiro atoms. The number of para-hydroxylation sites is 1. The Morgan fingerprint density at radius 2 is 1.35 bits per heavy atom. The highest BCUT2D eigenvalue weighted by molar-refractivity contribution is 7.92. The zero-order valence-electron chi connectivity index (χ0n) is 23.5. The van der Waals surface area contributed by atoms with E-state index in [4.69, 9.17) is 4.74 Å². The summed E-state index contributed by atoms with van der Waals surface area (Å²) < 4.78 is 61.6. The Bertz CT molecular complexity index is 1740. The molecule has 0 bridgehead atoms. The lowest BCUT2D eigenvalue weighted by atomic mass is 10.1. The molecule has 43 heavy (non-hydrogen) atoms. The van der Waals surface area contributed by atoms with Gasteiger partial charge < -0.3 is 10.1 Å². The molecule has 0 radical (unpaired) electrons. The third-order valence-electron chi connectivity index (χ3n) is 7.10. The largest absolute Gasteiger partial charge is 0.492 e. The zero-order valence-corrected chi connectivity index (χ0v) is 25.1. The molecule has 1 aliphatic rings. The van der Waals surface area contributed by atoms with Crippen molar-refractivity contribution >= 4 is 31.6 Å². The summed E-state index contributed by atoms with van der Waals surface area (Å²) in [5.74, 6) is 0.0191. The van der Waals surface area contributed by atoms with Crippen LogP contribution in [0.4, 0.5) is 5.69 Å². The highest BCUT2D eigenvalue weighted by Gasteiger charge is 2.29. The van der Waals surface area contributed by atoms with Crippen molar-refractivity contribution in [1.29, 1.82) is 0 Å². The molecule has 5 rings (SSSR count). The molecule has 1 N–H and O–H groups in total. The summed E-state index contributed by atoms with van der Waals surface area (Å²) in [6.45, 7) is 1.37. The number of nitrogens with zero attached hydrogens (tertiary/aromatic N) is 2. The topological polar surface area (TPSA) is 113 Å². The predicted molar refractivity (Wildman–Crippen MR) is 165 cm³/mol. The average molecular weight is 620 g/mol. The van der Waals surface area contributed by atoms with Gasteiger partial charge in [0.2, 0.25) is 10.0 Å². The maximum absolute atomic E-state index is 13.8. The summed E-state index contributed by atoms with van der Waals surface area (Å²) in [5, 5.41) is 2.80. The van der Waals surface area contributed by atoms with E-state index >= 15 is 0 Å². The molecule has 0 unspecified atom stereocenters. The standard InChI is InChI=1S/C32H33N3O6S2/c36-32(33-21-24-41-27-17-19-29(20-18-27)42(37,38)34-22-9-10-23-34)30-15-7-8-16-31(30)35(25-26-11-3-1-4-12-26)43(39,40)28-13-5-2-6-14-28/h1-8,11-20H,9-10,21-25H2,(H,33,36). The lowest BCUT2D eigenvalue weighted by molar-refractivity contribution is 0.0947. The normalized spacial score (nSPS) is 13.9. The van der Waals surface area contributed by atoms with E-state index in [-0.39, 0.29) is 40.7 Å². The van der Waals surface area contributed by atoms with Crippen LogP contribution < -0.4 is 14.4 Å². The molecule has 1 amide bonds. The third kappa shape index (κ3) is 7.07. The molecule has 0 aromatic heterocycles. The number of nitrogens with one attached hydrogen (secondary N) is 1. The number of sulfonamides is 2. The molecule has 0 aliphatic carbocycles. The summed E-state index contributed by atoms with van der Waals surface area (Å²) >= 11 is 0. The summed E-state index contributed by atoms with van der Waals surface area (Å²) in [6, 6.07) is 30.1. The van der Waals surface area contributed by atoms with Gasteiger partial charge in [0.15, 0.2) is 0 Å². The lowest BCUT2D eigenvalue weighted by Gasteiger charge is -2.26. The van der Waals surface area contributed by atoms with Crippen LogP contribution in [0.3, 0.4) is 0 Å². The van der Waals surface area contributed by atoms with Gasteiger partial charge in [0.1, 0.15) is 12.4 Å². The van der Waals surface area contributed by atoms with Crippen LogP contribution in [0, 0.1) is 0 Å². The highest BCUT2D eigenvalue weighted by Crippen LogP contribution is 2.29. The van der Waals surface area contributed by atoms with Gasteiger partial charge in [-0.2, -0.15) is 4.31 Å². The van der Waals surface area contributed by atoms with E-state index in [0.29, 0.717) is 18.8 Å².